The van der Waals surface area contributed by atoms with E-state index in [0.717, 1.165) is 5.56 Å². The van der Waals surface area contributed by atoms with E-state index in [1.165, 1.54) is 4.90 Å². The molecule has 0 bridgehead atoms. The fourth-order valence-electron chi connectivity index (χ4n) is 1.31. The third-order valence-corrected chi connectivity index (χ3v) is 2.60. The molecule has 4 nitrogen and oxygen atoms in total. The maximum atomic E-state index is 11.7. The first kappa shape index (κ1) is 13.6. The molecule has 1 aromatic rings. The van der Waals surface area contributed by atoms with E-state index in [2.05, 4.69) is 0 Å². The summed E-state index contributed by atoms with van der Waals surface area (Å²) in [5, 5.41) is 0. The number of nitrogens with two attached hydrogens (primary N) is 1. The van der Waals surface area contributed by atoms with Crippen LogP contribution in [0.25, 0.3) is 0 Å². The van der Waals surface area contributed by atoms with Crippen molar-refractivity contribution in [1.29, 1.82) is 0 Å². The standard InChI is InChI=1S/C12H16N2O2S/c1-2-14(11(17)8-13)12(15)16-9-10-6-4-3-5-7-10/h3-7H,2,8-9,13H2,1H3. The number of rotatable bonds is 4. The minimum absolute atomic E-state index is 0.170. The molecule has 92 valence electrons. The summed E-state index contributed by atoms with van der Waals surface area (Å²) < 4.78 is 5.15. The molecule has 0 spiro atoms. The normalized spacial score (nSPS) is 9.76. The zero-order chi connectivity index (χ0) is 12.7. The van der Waals surface area contributed by atoms with Crippen molar-refractivity contribution in [3.05, 3.63) is 35.9 Å². The van der Waals surface area contributed by atoms with Crippen LogP contribution in [0.5, 0.6) is 0 Å². The van der Waals surface area contributed by atoms with Crippen molar-refractivity contribution in [3.8, 4) is 0 Å². The van der Waals surface area contributed by atoms with Crippen LogP contribution in [0.2, 0.25) is 0 Å². The monoisotopic (exact) mass is 252 g/mol. The largest absolute Gasteiger partial charge is 0.444 e. The number of carbonyl (C=O) groups excluding carboxylic acids is 1. The quantitative estimate of drug-likeness (QED) is 0.832. The van der Waals surface area contributed by atoms with Crippen molar-refractivity contribution in [1.82, 2.24) is 4.90 Å². The second-order valence-corrected chi connectivity index (χ2v) is 3.85. The van der Waals surface area contributed by atoms with Crippen molar-refractivity contribution < 1.29 is 9.53 Å². The average Bonchev–Trinajstić information content (AvgIpc) is 2.38. The van der Waals surface area contributed by atoms with Gasteiger partial charge in [0.1, 0.15) is 11.6 Å². The van der Waals surface area contributed by atoms with Gasteiger partial charge in [-0.1, -0.05) is 42.5 Å². The van der Waals surface area contributed by atoms with E-state index in [0.29, 0.717) is 11.5 Å². The topological polar surface area (TPSA) is 55.6 Å². The van der Waals surface area contributed by atoms with Crippen molar-refractivity contribution in [2.24, 2.45) is 5.73 Å². The van der Waals surface area contributed by atoms with Crippen LogP contribution in [0.4, 0.5) is 4.79 Å². The van der Waals surface area contributed by atoms with Crippen LogP contribution in [0.1, 0.15) is 12.5 Å². The molecular weight excluding hydrogens is 236 g/mol. The summed E-state index contributed by atoms with van der Waals surface area (Å²) in [6.07, 6.45) is -0.452. The lowest BCUT2D eigenvalue weighted by Crippen LogP contribution is -2.39. The van der Waals surface area contributed by atoms with Crippen molar-refractivity contribution in [3.63, 3.8) is 0 Å². The number of likely N-dealkylation sites (N-methyl/N-ethyl adjacent to an activating group) is 1. The van der Waals surface area contributed by atoms with Gasteiger partial charge in [0.05, 0.1) is 0 Å². The highest BCUT2D eigenvalue weighted by molar-refractivity contribution is 7.80. The fourth-order valence-corrected chi connectivity index (χ4v) is 1.52. The molecule has 0 aliphatic carbocycles. The van der Waals surface area contributed by atoms with Gasteiger partial charge >= 0.3 is 6.09 Å². The van der Waals surface area contributed by atoms with Crippen molar-refractivity contribution in [2.45, 2.75) is 13.5 Å². The molecule has 0 aromatic heterocycles. The van der Waals surface area contributed by atoms with E-state index >= 15 is 0 Å². The Morgan fingerprint density at radius 1 is 1.41 bits per heavy atom. The lowest BCUT2D eigenvalue weighted by Gasteiger charge is -2.20. The summed E-state index contributed by atoms with van der Waals surface area (Å²) in [5.41, 5.74) is 6.34. The molecule has 0 heterocycles. The Bertz CT molecular complexity index is 381. The van der Waals surface area contributed by atoms with E-state index in [1.807, 2.05) is 37.3 Å². The second kappa shape index (κ2) is 6.98. The molecule has 2 N–H and O–H groups in total. The maximum Gasteiger partial charge on any atom is 0.415 e. The van der Waals surface area contributed by atoms with Gasteiger partial charge in [0.25, 0.3) is 0 Å². The summed E-state index contributed by atoms with van der Waals surface area (Å²) in [4.78, 5) is 13.5. The van der Waals surface area contributed by atoms with E-state index < -0.39 is 6.09 Å². The molecule has 0 atom stereocenters. The number of hydrogen-bond donors (Lipinski definition) is 1. The van der Waals surface area contributed by atoms with Gasteiger partial charge in [-0.2, -0.15) is 0 Å². The zero-order valence-electron chi connectivity index (χ0n) is 9.76. The second-order valence-electron chi connectivity index (χ2n) is 3.38. The minimum atomic E-state index is -0.452. The van der Waals surface area contributed by atoms with E-state index in [9.17, 15) is 4.79 Å². The van der Waals surface area contributed by atoms with Crippen LogP contribution in [-0.4, -0.2) is 29.1 Å². The van der Waals surface area contributed by atoms with Gasteiger partial charge in [-0.15, -0.1) is 0 Å². The summed E-state index contributed by atoms with van der Waals surface area (Å²) in [7, 11) is 0. The number of hydrogen-bond acceptors (Lipinski definition) is 4. The Morgan fingerprint density at radius 2 is 2.06 bits per heavy atom. The maximum absolute atomic E-state index is 11.7. The van der Waals surface area contributed by atoms with E-state index in [1.54, 1.807) is 0 Å². The van der Waals surface area contributed by atoms with Gasteiger partial charge in [-0.05, 0) is 12.5 Å². The highest BCUT2D eigenvalue weighted by Gasteiger charge is 2.16. The van der Waals surface area contributed by atoms with Crippen LogP contribution in [0.15, 0.2) is 30.3 Å². The smallest absolute Gasteiger partial charge is 0.415 e. The first-order valence-corrected chi connectivity index (χ1v) is 5.81. The number of thiocarbonyl (C=S) groups is 1. The minimum Gasteiger partial charge on any atom is -0.444 e. The molecule has 0 aliphatic rings. The summed E-state index contributed by atoms with van der Waals surface area (Å²) in [5.74, 6) is 0. The molecule has 0 unspecified atom stereocenters. The number of benzene rings is 1. The lowest BCUT2D eigenvalue weighted by atomic mass is 10.2. The Hall–Kier alpha value is -1.46. The van der Waals surface area contributed by atoms with Crippen molar-refractivity contribution in [2.75, 3.05) is 13.1 Å². The van der Waals surface area contributed by atoms with Crippen LogP contribution < -0.4 is 5.73 Å². The molecule has 0 saturated carbocycles. The van der Waals surface area contributed by atoms with Gasteiger partial charge < -0.3 is 10.5 Å². The van der Waals surface area contributed by atoms with Crippen LogP contribution in [0.3, 0.4) is 0 Å². The molecule has 1 amide bonds. The van der Waals surface area contributed by atoms with Crippen molar-refractivity contribution >= 4 is 23.3 Å². The molecule has 5 heteroatoms. The molecule has 1 aromatic carbocycles. The molecule has 0 radical (unpaired) electrons. The van der Waals surface area contributed by atoms with E-state index in [-0.39, 0.29) is 13.2 Å². The number of ether oxygens (including phenoxy) is 1. The first-order chi connectivity index (χ1) is 8.19. The Labute approximate surface area is 106 Å². The highest BCUT2D eigenvalue weighted by atomic mass is 32.1. The lowest BCUT2D eigenvalue weighted by molar-refractivity contribution is 0.117. The summed E-state index contributed by atoms with van der Waals surface area (Å²) >= 11 is 4.98. The molecule has 0 fully saturated rings. The van der Waals surface area contributed by atoms with Gasteiger partial charge in [-0.3, -0.25) is 4.90 Å². The van der Waals surface area contributed by atoms with Crippen LogP contribution >= 0.6 is 12.2 Å². The fraction of sp³-hybridized carbons (Fsp3) is 0.333. The third kappa shape index (κ3) is 4.13. The highest BCUT2D eigenvalue weighted by Crippen LogP contribution is 2.03. The number of amides is 1. The SMILES string of the molecule is CCN(C(=O)OCc1ccccc1)C(=S)CN. The number of nitrogens with zero attached hydrogens (tertiary/aromatic N) is 1. The van der Waals surface area contributed by atoms with E-state index in [4.69, 9.17) is 22.7 Å². The molecule has 1 rings (SSSR count). The Morgan fingerprint density at radius 3 is 2.59 bits per heavy atom. The Kier molecular flexibility index (Phi) is 5.59. The zero-order valence-corrected chi connectivity index (χ0v) is 10.6. The van der Waals surface area contributed by atoms with Gasteiger partial charge in [-0.25, -0.2) is 4.79 Å². The van der Waals surface area contributed by atoms with Gasteiger partial charge in [0, 0.05) is 13.1 Å². The van der Waals surface area contributed by atoms with Crippen LogP contribution in [0, 0.1) is 0 Å². The predicted octanol–water partition coefficient (Wildman–Crippen LogP) is 1.93. The summed E-state index contributed by atoms with van der Waals surface area (Å²) in [6.45, 7) is 2.70. The molecule has 0 saturated heterocycles. The summed E-state index contributed by atoms with van der Waals surface area (Å²) in [6, 6.07) is 9.49. The molecule has 17 heavy (non-hydrogen) atoms. The molecule has 0 aliphatic heterocycles. The predicted molar refractivity (Wildman–Crippen MR) is 70.7 cm³/mol. The third-order valence-electron chi connectivity index (χ3n) is 2.22. The first-order valence-electron chi connectivity index (χ1n) is 5.40. The van der Waals surface area contributed by atoms with Gasteiger partial charge in [0.15, 0.2) is 0 Å². The average molecular weight is 252 g/mol. The van der Waals surface area contributed by atoms with Crippen LogP contribution in [-0.2, 0) is 11.3 Å². The molecular formula is C12H16N2O2S. The Balaban J connectivity index is 2.51. The number of carbonyl (C=O) groups is 1. The van der Waals surface area contributed by atoms with Gasteiger partial charge in [0.2, 0.25) is 0 Å².